The molecule has 2 saturated heterocycles. The minimum Gasteiger partial charge on any atom is -0.504 e. The summed E-state index contributed by atoms with van der Waals surface area (Å²) in [7, 11) is 0. The van der Waals surface area contributed by atoms with E-state index in [1.165, 1.54) is 0 Å². The van der Waals surface area contributed by atoms with Gasteiger partial charge < -0.3 is 180 Å². The summed E-state index contributed by atoms with van der Waals surface area (Å²) < 4.78 is 61.7. The average Bonchev–Trinajstić information content (AvgIpc) is 1.04. The monoisotopic (exact) mass is 1570 g/mol. The van der Waals surface area contributed by atoms with Crippen LogP contribution in [-0.2, 0) is 47.4 Å². The molecule has 12 rings (SSSR count). The molecule has 586 valence electrons. The van der Waals surface area contributed by atoms with Gasteiger partial charge in [0.2, 0.25) is 65.0 Å². The Balaban J connectivity index is 0.938. The van der Waals surface area contributed by atoms with Crippen LogP contribution in [-0.4, -0.2) is 250 Å². The summed E-state index contributed by atoms with van der Waals surface area (Å²) in [4.78, 5) is 116. The van der Waals surface area contributed by atoms with Gasteiger partial charge in [0.25, 0.3) is 0 Å². The summed E-state index contributed by atoms with van der Waals surface area (Å²) in [5.41, 5.74) is -13.8. The number of aromatic hydroxyl groups is 23. The minimum absolute atomic E-state index is 0.218. The Bertz CT molecular complexity index is 5350. The lowest BCUT2D eigenvalue weighted by molar-refractivity contribution is -0.283. The molecule has 0 radical (unpaired) electrons. The van der Waals surface area contributed by atoms with E-state index in [1.807, 2.05) is 0 Å². The van der Waals surface area contributed by atoms with Crippen molar-refractivity contribution < 1.29 is 218 Å². The number of aliphatic hydroxyl groups is 2. The molecule has 0 amide bonds. The van der Waals surface area contributed by atoms with Gasteiger partial charge in [-0.1, -0.05) is 0 Å². The standard InChI is InChI=1S/C68H50O44/c69-12-33-47(88)55-57(110-65(100)20-10-30(78)45(86)51(92)38(20)37-19(64(99)107-55)9-29(77)44(85)50(37)91)67(104-33)112-66(101)21-11-31(79)46(87)52(93)53(21)103-32-6-16(5-26(74)41(32)82)61(96)111-68-58(109-60(95)15-3-24(72)40(81)25(73)4-15)56(108-59(94)14-1-22(70)39(80)23(71)2-14)54-34(105-68)13-102-62(97)17-7-27(75)42(83)48(89)35(17)36-18(63(98)106-54)8-28(76)43(84)49(36)90/h1-11,33-34,47,54-58,67-93H,12-13H2. The van der Waals surface area contributed by atoms with Gasteiger partial charge in [0, 0.05) is 28.3 Å². The predicted octanol–water partition coefficient (Wildman–Crippen LogP) is 1.77. The fourth-order valence-electron chi connectivity index (χ4n) is 11.9. The number of phenolic OH excluding ortho intramolecular Hbond substituents is 23. The summed E-state index contributed by atoms with van der Waals surface area (Å²) in [6, 6.07) is 3.96. The number of cyclic esters (lactones) is 1. The molecule has 4 aliphatic rings. The van der Waals surface area contributed by atoms with Crippen LogP contribution in [0.3, 0.4) is 0 Å². The molecule has 112 heavy (non-hydrogen) atoms. The Morgan fingerprint density at radius 2 is 0.696 bits per heavy atom. The molecule has 2 fully saturated rings. The number of fused-ring (bicyclic) bond motifs is 8. The van der Waals surface area contributed by atoms with E-state index in [4.69, 9.17) is 52.1 Å². The number of benzene rings is 8. The SMILES string of the molecule is O=C(OC1OC2COC(=O)c3cc(O)c(O)c(O)c3-c3c(cc(O)c(O)c3O)C(=O)OC2C(OC(=O)c2cc(O)c(O)c(O)c2)C1OC(=O)c1cc(O)c(O)c(O)c1)c1cc(O)c(O)c(Oc2c(C(=O)OC3OC(CO)C(O)C4OC(=O)c5cc(O)c(O)c(O)c5-c5c(cc(O)c(O)c5O)C(=O)OC34)cc(O)c(O)c2O)c1. The number of carbonyl (C=O) groups excluding carboxylic acids is 8. The molecule has 25 N–H and O–H groups in total. The zero-order chi connectivity index (χ0) is 81.7. The van der Waals surface area contributed by atoms with Crippen molar-refractivity contribution in [1.82, 2.24) is 0 Å². The Morgan fingerprint density at radius 1 is 0.348 bits per heavy atom. The Labute approximate surface area is 616 Å². The maximum absolute atomic E-state index is 14.9. The summed E-state index contributed by atoms with van der Waals surface area (Å²) in [5, 5.41) is 269. The van der Waals surface area contributed by atoms with Gasteiger partial charge in [-0.15, -0.1) is 0 Å². The van der Waals surface area contributed by atoms with Gasteiger partial charge in [0.05, 0.1) is 45.6 Å². The zero-order valence-electron chi connectivity index (χ0n) is 55.0. The second kappa shape index (κ2) is 28.4. The number of hydrogen-bond acceptors (Lipinski definition) is 44. The first kappa shape index (κ1) is 76.2. The first-order chi connectivity index (χ1) is 52.7. The molecule has 0 saturated carbocycles. The van der Waals surface area contributed by atoms with Crippen LogP contribution in [0.25, 0.3) is 22.3 Å². The van der Waals surface area contributed by atoms with Crippen molar-refractivity contribution in [3.8, 4) is 166 Å². The quantitative estimate of drug-likeness (QED) is 0.0498. The summed E-state index contributed by atoms with van der Waals surface area (Å²) in [6.07, 6.45) is -26.0. The second-order valence-corrected chi connectivity index (χ2v) is 24.2. The predicted molar refractivity (Wildman–Crippen MR) is 345 cm³/mol. The third-order valence-corrected chi connectivity index (χ3v) is 17.4. The van der Waals surface area contributed by atoms with Gasteiger partial charge in [-0.25, -0.2) is 38.4 Å². The van der Waals surface area contributed by atoms with E-state index in [9.17, 15) is 166 Å². The summed E-state index contributed by atoms with van der Waals surface area (Å²) in [5.74, 6) is -50.7. The van der Waals surface area contributed by atoms with E-state index in [-0.39, 0.29) is 6.07 Å². The molecule has 10 unspecified atom stereocenters. The van der Waals surface area contributed by atoms with Crippen LogP contribution in [0.15, 0.2) is 66.7 Å². The van der Waals surface area contributed by atoms with Gasteiger partial charge in [-0.3, -0.25) is 0 Å². The smallest absolute Gasteiger partial charge is 0.344 e. The highest BCUT2D eigenvalue weighted by molar-refractivity contribution is 6.10. The maximum Gasteiger partial charge on any atom is 0.344 e. The van der Waals surface area contributed by atoms with E-state index in [0.29, 0.717) is 60.7 Å². The van der Waals surface area contributed by atoms with Crippen LogP contribution in [0, 0.1) is 0 Å². The van der Waals surface area contributed by atoms with E-state index < -0.39 is 333 Å². The molecule has 8 aromatic rings. The molecular formula is C68H50O44. The van der Waals surface area contributed by atoms with Crippen molar-refractivity contribution in [3.05, 3.63) is 111 Å². The van der Waals surface area contributed by atoms with Gasteiger partial charge in [-0.05, 0) is 60.7 Å². The number of carbonyl (C=O) groups is 8. The number of rotatable bonds is 11. The van der Waals surface area contributed by atoms with Gasteiger partial charge in [0.1, 0.15) is 30.5 Å². The molecular weight excluding hydrogens is 1520 g/mol. The summed E-state index contributed by atoms with van der Waals surface area (Å²) >= 11 is 0. The van der Waals surface area contributed by atoms with Crippen molar-refractivity contribution in [2.75, 3.05) is 13.2 Å². The van der Waals surface area contributed by atoms with Crippen LogP contribution in [0.2, 0.25) is 0 Å². The molecule has 4 heterocycles. The molecule has 44 nitrogen and oxygen atoms in total. The normalized spacial score (nSPS) is 20.6. The topological polar surface area (TPSA) is 744 Å². The molecule has 10 atom stereocenters. The van der Waals surface area contributed by atoms with Crippen LogP contribution in [0.4, 0.5) is 0 Å². The van der Waals surface area contributed by atoms with Crippen molar-refractivity contribution in [1.29, 1.82) is 0 Å². The first-order valence-electron chi connectivity index (χ1n) is 31.1. The van der Waals surface area contributed by atoms with Crippen molar-refractivity contribution in [2.24, 2.45) is 0 Å². The number of phenols is 23. The van der Waals surface area contributed by atoms with Crippen LogP contribution >= 0.6 is 0 Å². The highest BCUT2D eigenvalue weighted by Gasteiger charge is 2.57. The number of ether oxygens (including phenoxy) is 11. The number of aliphatic hydroxyl groups excluding tert-OH is 2. The van der Waals surface area contributed by atoms with E-state index >= 15 is 0 Å². The fraction of sp³-hybridized carbons (Fsp3) is 0.176. The fourth-order valence-corrected chi connectivity index (χ4v) is 11.9. The molecule has 0 spiro atoms. The van der Waals surface area contributed by atoms with Crippen LogP contribution < -0.4 is 4.74 Å². The van der Waals surface area contributed by atoms with Crippen molar-refractivity contribution in [3.63, 3.8) is 0 Å². The van der Waals surface area contributed by atoms with Crippen LogP contribution in [0.5, 0.6) is 144 Å². The molecule has 8 aromatic carbocycles. The lowest BCUT2D eigenvalue weighted by Gasteiger charge is -2.43. The van der Waals surface area contributed by atoms with Crippen molar-refractivity contribution >= 4 is 47.8 Å². The Kier molecular flexibility index (Phi) is 19.3. The van der Waals surface area contributed by atoms with Crippen LogP contribution in [0.1, 0.15) is 82.9 Å². The lowest BCUT2D eigenvalue weighted by Crippen LogP contribution is -2.63. The average molecular weight is 1570 g/mol. The molecule has 0 bridgehead atoms. The maximum atomic E-state index is 14.9. The number of esters is 8. The third-order valence-electron chi connectivity index (χ3n) is 17.4. The Hall–Kier alpha value is -15.4. The minimum atomic E-state index is -2.91. The van der Waals surface area contributed by atoms with Gasteiger partial charge in [-0.2, -0.15) is 0 Å². The highest BCUT2D eigenvalue weighted by Crippen LogP contribution is 2.57. The van der Waals surface area contributed by atoms with E-state index in [1.54, 1.807) is 0 Å². The van der Waals surface area contributed by atoms with E-state index in [0.717, 1.165) is 0 Å². The van der Waals surface area contributed by atoms with Gasteiger partial charge >= 0.3 is 47.8 Å². The second-order valence-electron chi connectivity index (χ2n) is 24.2. The largest absolute Gasteiger partial charge is 0.504 e. The summed E-state index contributed by atoms with van der Waals surface area (Å²) in [6.45, 7) is -2.81. The Morgan fingerprint density at radius 3 is 1.13 bits per heavy atom. The number of hydrogen-bond donors (Lipinski definition) is 25. The molecule has 0 aliphatic carbocycles. The molecule has 4 aliphatic heterocycles. The van der Waals surface area contributed by atoms with Gasteiger partial charge in [0.15, 0.2) is 122 Å². The highest BCUT2D eigenvalue weighted by atomic mass is 16.8. The molecule has 0 aromatic heterocycles. The third kappa shape index (κ3) is 13.1. The van der Waals surface area contributed by atoms with E-state index in [2.05, 4.69) is 0 Å². The molecule has 44 heteroatoms. The first-order valence-corrected chi connectivity index (χ1v) is 31.1. The zero-order valence-corrected chi connectivity index (χ0v) is 55.0. The lowest BCUT2D eigenvalue weighted by atomic mass is 9.91. The van der Waals surface area contributed by atoms with Crippen molar-refractivity contribution in [2.45, 2.75) is 61.4 Å².